The van der Waals surface area contributed by atoms with Crippen molar-refractivity contribution in [1.82, 2.24) is 10.9 Å². The second-order valence-electron chi connectivity index (χ2n) is 7.83. The van der Waals surface area contributed by atoms with Crippen LogP contribution < -0.4 is 10.9 Å². The van der Waals surface area contributed by atoms with E-state index >= 15 is 0 Å². The van der Waals surface area contributed by atoms with Crippen molar-refractivity contribution in [3.05, 3.63) is 127 Å². The van der Waals surface area contributed by atoms with Crippen LogP contribution in [0.1, 0.15) is 31.8 Å². The summed E-state index contributed by atoms with van der Waals surface area (Å²) in [5.41, 5.74) is 6.60. The first-order valence-electron chi connectivity index (χ1n) is 11.3. The van der Waals surface area contributed by atoms with Gasteiger partial charge in [0.25, 0.3) is 23.3 Å². The van der Waals surface area contributed by atoms with E-state index in [4.69, 9.17) is 56.6 Å². The Kier molecular flexibility index (Phi) is 13.6. The van der Waals surface area contributed by atoms with Gasteiger partial charge in [-0.25, -0.2) is 10.9 Å². The van der Waals surface area contributed by atoms with Gasteiger partial charge in [0.2, 0.25) is 0 Å². The number of nitrogens with zero attached hydrogens (tertiary/aromatic N) is 2. The molecule has 41 heavy (non-hydrogen) atoms. The van der Waals surface area contributed by atoms with Crippen LogP contribution in [-0.4, -0.2) is 34.5 Å². The molecule has 0 bridgehead atoms. The molecule has 6 N–H and O–H groups in total. The Morgan fingerprint density at radius 2 is 0.951 bits per heavy atom. The van der Waals surface area contributed by atoms with E-state index in [1.165, 1.54) is 24.6 Å². The summed E-state index contributed by atoms with van der Waals surface area (Å²) in [4.78, 5) is 23.5. The monoisotopic (exact) mass is 677 g/mol. The van der Waals surface area contributed by atoms with Crippen LogP contribution in [0.4, 0.5) is 0 Å². The number of hydrazone groups is 2. The number of hydrogen-bond acceptors (Lipinski definition) is 4. The molecule has 0 unspecified atom stereocenters. The first-order chi connectivity index (χ1) is 19.2. The molecular formula is C28H22Cl4CoN4O4+4. The molecule has 211 valence electrons. The van der Waals surface area contributed by atoms with Crippen molar-refractivity contribution < 1.29 is 36.6 Å². The number of nitrogens with one attached hydrogen (secondary N) is 2. The Balaban J connectivity index is 0.000000280. The molecule has 0 aliphatic carbocycles. The number of carbonyl (C=O) groups excluding carboxylic acids is 2. The average molecular weight is 679 g/mol. The minimum atomic E-state index is -0.332. The van der Waals surface area contributed by atoms with Crippen LogP contribution in [0.25, 0.3) is 0 Å². The van der Waals surface area contributed by atoms with Gasteiger partial charge in [-0.05, 0) is 48.5 Å². The average Bonchev–Trinajstić information content (AvgIpc) is 2.95. The molecule has 0 aliphatic heterocycles. The van der Waals surface area contributed by atoms with Gasteiger partial charge in [0.1, 0.15) is 10.0 Å². The van der Waals surface area contributed by atoms with Crippen molar-refractivity contribution in [3.8, 4) is 11.5 Å². The second kappa shape index (κ2) is 16.6. The maximum atomic E-state index is 11.7. The Bertz CT molecular complexity index is 1440. The van der Waals surface area contributed by atoms with Gasteiger partial charge in [-0.1, -0.05) is 82.8 Å². The fraction of sp³-hybridized carbons (Fsp3) is 0. The van der Waals surface area contributed by atoms with Gasteiger partial charge in [-0.15, -0.1) is 0 Å². The molecule has 0 atom stereocenters. The minimum Gasteiger partial charge on any atom is -0.592 e. The number of rotatable bonds is 6. The fourth-order valence-corrected chi connectivity index (χ4v) is 4.04. The zero-order valence-corrected chi connectivity index (χ0v) is 24.9. The molecule has 0 saturated carbocycles. The van der Waals surface area contributed by atoms with Crippen LogP contribution >= 0.6 is 46.4 Å². The van der Waals surface area contributed by atoms with E-state index in [0.29, 0.717) is 32.3 Å². The maximum absolute atomic E-state index is 11.7. The van der Waals surface area contributed by atoms with E-state index in [2.05, 4.69) is 21.1 Å². The standard InChI is InChI=1S/2C14H10Cl2N2O2.Co/c2*15-11-6-10(13(19)12(16)7-11)8-17-18-14(20)9-4-2-1-3-5-9;/h2*1-8,19H,(H,18,20);/q;;+2/p+2. The summed E-state index contributed by atoms with van der Waals surface area (Å²) in [6.45, 7) is 0. The zero-order chi connectivity index (χ0) is 29.1. The van der Waals surface area contributed by atoms with Crippen LogP contribution in [0.5, 0.6) is 11.5 Å². The number of carbonyl (C=O) groups is 2. The van der Waals surface area contributed by atoms with Crippen LogP contribution in [0, 0.1) is 0 Å². The molecule has 0 heterocycles. The molecule has 4 rings (SSSR count). The SMILES string of the molecule is O=C(NN=Cc1cc(Cl)cc(Cl)c1[OH2+])c1ccccc1.O=C(NN=Cc1cc(Cl)cc(Cl)c1[OH2+])c1ccccc1.[Co+2]. The third-order valence-corrected chi connectivity index (χ3v) is 6.02. The molecule has 4 aromatic rings. The smallest absolute Gasteiger partial charge is 0.592 e. The molecule has 0 spiro atoms. The van der Waals surface area contributed by atoms with Crippen molar-refractivity contribution >= 4 is 70.6 Å². The first-order valence-corrected chi connectivity index (χ1v) is 12.8. The van der Waals surface area contributed by atoms with Gasteiger partial charge in [0.05, 0.1) is 23.6 Å². The predicted octanol–water partition coefficient (Wildman–Crippen LogP) is 6.39. The maximum Gasteiger partial charge on any atom is 2.00 e. The van der Waals surface area contributed by atoms with Gasteiger partial charge in [0, 0.05) is 21.2 Å². The number of amides is 2. The molecule has 0 saturated heterocycles. The van der Waals surface area contributed by atoms with Crippen molar-refractivity contribution in [2.24, 2.45) is 10.2 Å². The van der Waals surface area contributed by atoms with Crippen LogP contribution in [0.2, 0.25) is 20.1 Å². The third-order valence-electron chi connectivity index (χ3n) is 4.98. The van der Waals surface area contributed by atoms with E-state index in [-0.39, 0.29) is 50.1 Å². The minimum absolute atomic E-state index is 0. The van der Waals surface area contributed by atoms with E-state index in [9.17, 15) is 9.59 Å². The Labute approximate surface area is 265 Å². The predicted molar refractivity (Wildman–Crippen MR) is 162 cm³/mol. The molecular weight excluding hydrogens is 657 g/mol. The Morgan fingerprint density at radius 3 is 1.29 bits per heavy atom. The van der Waals surface area contributed by atoms with Crippen LogP contribution in [0.15, 0.2) is 95.1 Å². The number of hydrogen-bond donors (Lipinski definition) is 2. The first kappa shape index (κ1) is 33.6. The van der Waals surface area contributed by atoms with Crippen LogP contribution in [0.3, 0.4) is 0 Å². The van der Waals surface area contributed by atoms with Crippen molar-refractivity contribution in [3.63, 3.8) is 0 Å². The summed E-state index contributed by atoms with van der Waals surface area (Å²) in [6, 6.07) is 23.4. The quantitative estimate of drug-likeness (QED) is 0.139. The third kappa shape index (κ3) is 10.4. The molecule has 0 fully saturated rings. The van der Waals surface area contributed by atoms with Gasteiger partial charge in [-0.2, -0.15) is 10.2 Å². The summed E-state index contributed by atoms with van der Waals surface area (Å²) >= 11 is 23.4. The second-order valence-corrected chi connectivity index (χ2v) is 9.52. The summed E-state index contributed by atoms with van der Waals surface area (Å²) in [6.07, 6.45) is 2.67. The molecule has 0 aliphatic rings. The van der Waals surface area contributed by atoms with Gasteiger partial charge in [-0.3, -0.25) is 9.59 Å². The van der Waals surface area contributed by atoms with Gasteiger partial charge >= 0.3 is 16.8 Å². The molecule has 13 heteroatoms. The van der Waals surface area contributed by atoms with Crippen LogP contribution in [-0.2, 0) is 16.8 Å². The van der Waals surface area contributed by atoms with E-state index in [0.717, 1.165) is 0 Å². The number of benzene rings is 4. The zero-order valence-electron chi connectivity index (χ0n) is 20.8. The van der Waals surface area contributed by atoms with Gasteiger partial charge < -0.3 is 10.2 Å². The van der Waals surface area contributed by atoms with Crippen molar-refractivity contribution in [2.75, 3.05) is 0 Å². The molecule has 8 nitrogen and oxygen atoms in total. The number of halogens is 4. The molecule has 1 radical (unpaired) electrons. The molecule has 2 amide bonds. The van der Waals surface area contributed by atoms with E-state index in [1.807, 2.05) is 12.1 Å². The topological polar surface area (TPSA) is 129 Å². The Morgan fingerprint density at radius 1 is 0.610 bits per heavy atom. The fourth-order valence-electron chi connectivity index (χ4n) is 3.02. The summed E-state index contributed by atoms with van der Waals surface area (Å²) in [7, 11) is 0. The van der Waals surface area contributed by atoms with Gasteiger partial charge in [0.15, 0.2) is 0 Å². The molecule has 4 aromatic carbocycles. The van der Waals surface area contributed by atoms with E-state index < -0.39 is 0 Å². The largest absolute Gasteiger partial charge is 2.00 e. The summed E-state index contributed by atoms with van der Waals surface area (Å²) in [5, 5.41) is 24.4. The van der Waals surface area contributed by atoms with Crippen molar-refractivity contribution in [1.29, 1.82) is 0 Å². The van der Waals surface area contributed by atoms with E-state index in [1.54, 1.807) is 60.7 Å². The summed E-state index contributed by atoms with van der Waals surface area (Å²) < 4.78 is 0. The Hall–Kier alpha value is -3.57. The molecule has 0 aromatic heterocycles. The van der Waals surface area contributed by atoms with Crippen molar-refractivity contribution in [2.45, 2.75) is 0 Å². The normalized spacial score (nSPS) is 10.4. The summed E-state index contributed by atoms with van der Waals surface area (Å²) in [5.74, 6) is -0.453.